The Morgan fingerprint density at radius 1 is 1.09 bits per heavy atom. The van der Waals surface area contributed by atoms with Gasteiger partial charge in [-0.15, -0.1) is 0 Å². The normalized spacial score (nSPS) is 17.8. The van der Waals surface area contributed by atoms with Gasteiger partial charge >= 0.3 is 6.18 Å². The Bertz CT molecular complexity index is 1250. The summed E-state index contributed by atoms with van der Waals surface area (Å²) in [7, 11) is 0. The lowest BCUT2D eigenvalue weighted by Crippen LogP contribution is -2.39. The topological polar surface area (TPSA) is 67.2 Å². The molecule has 1 atom stereocenters. The first-order valence-corrected chi connectivity index (χ1v) is 11.2. The van der Waals surface area contributed by atoms with Gasteiger partial charge in [-0.1, -0.05) is 36.4 Å². The molecule has 0 saturated carbocycles. The van der Waals surface area contributed by atoms with Crippen LogP contribution >= 0.6 is 0 Å². The van der Waals surface area contributed by atoms with Crippen molar-refractivity contribution in [1.29, 1.82) is 0 Å². The van der Waals surface area contributed by atoms with Gasteiger partial charge in [0.05, 0.1) is 18.2 Å². The van der Waals surface area contributed by atoms with Gasteiger partial charge in [0, 0.05) is 19.2 Å². The molecule has 2 aliphatic rings. The molecule has 1 aromatic heterocycles. The number of nitrogens with zero attached hydrogens (tertiary/aromatic N) is 3. The van der Waals surface area contributed by atoms with Crippen molar-refractivity contribution in [3.05, 3.63) is 88.2 Å². The Kier molecular flexibility index (Phi) is 5.63. The predicted octanol–water partition coefficient (Wildman–Crippen LogP) is 4.37. The molecular formula is C25H23F3N4O2. The lowest BCUT2D eigenvalue weighted by molar-refractivity contribution is -0.137. The number of carbonyl (C=O) groups is 2. The Labute approximate surface area is 194 Å². The zero-order valence-electron chi connectivity index (χ0n) is 18.3. The molecule has 2 amide bonds. The molecular weight excluding hydrogens is 445 g/mol. The highest BCUT2D eigenvalue weighted by molar-refractivity contribution is 5.98. The number of nitrogens with one attached hydrogen (secondary N) is 1. The van der Waals surface area contributed by atoms with E-state index in [0.717, 1.165) is 37.0 Å². The fourth-order valence-electron chi connectivity index (χ4n) is 4.70. The third-order valence-electron chi connectivity index (χ3n) is 6.40. The summed E-state index contributed by atoms with van der Waals surface area (Å²) < 4.78 is 40.6. The van der Waals surface area contributed by atoms with E-state index in [0.29, 0.717) is 18.7 Å². The monoisotopic (exact) mass is 468 g/mol. The van der Waals surface area contributed by atoms with Crippen LogP contribution in [0.5, 0.6) is 0 Å². The number of aromatic nitrogens is 2. The molecule has 0 spiro atoms. The van der Waals surface area contributed by atoms with E-state index in [1.54, 1.807) is 6.07 Å². The van der Waals surface area contributed by atoms with Crippen molar-refractivity contribution in [3.63, 3.8) is 0 Å². The number of carbonyl (C=O) groups excluding carboxylic acids is 2. The number of rotatable bonds is 4. The summed E-state index contributed by atoms with van der Waals surface area (Å²) in [5.74, 6) is -0.709. The maximum atomic E-state index is 13.0. The maximum Gasteiger partial charge on any atom is 0.416 e. The van der Waals surface area contributed by atoms with Gasteiger partial charge in [0.15, 0.2) is 5.69 Å². The first-order chi connectivity index (χ1) is 16.3. The fraction of sp³-hybridized carbons (Fsp3) is 0.320. The molecule has 1 unspecified atom stereocenters. The van der Waals surface area contributed by atoms with E-state index < -0.39 is 11.7 Å². The van der Waals surface area contributed by atoms with Crippen molar-refractivity contribution in [2.24, 2.45) is 0 Å². The fourth-order valence-corrected chi connectivity index (χ4v) is 4.70. The van der Waals surface area contributed by atoms with E-state index in [2.05, 4.69) is 16.5 Å². The van der Waals surface area contributed by atoms with Crippen molar-refractivity contribution in [3.8, 4) is 0 Å². The molecule has 6 nitrogen and oxygen atoms in total. The van der Waals surface area contributed by atoms with Crippen molar-refractivity contribution in [1.82, 2.24) is 20.0 Å². The van der Waals surface area contributed by atoms with E-state index in [9.17, 15) is 22.8 Å². The Balaban J connectivity index is 1.30. The molecule has 3 aromatic rings. The van der Waals surface area contributed by atoms with Gasteiger partial charge in [-0.2, -0.15) is 18.3 Å². The van der Waals surface area contributed by atoms with Gasteiger partial charge < -0.3 is 10.2 Å². The molecule has 2 heterocycles. The van der Waals surface area contributed by atoms with Crippen LogP contribution in [0.25, 0.3) is 0 Å². The zero-order valence-corrected chi connectivity index (χ0v) is 18.3. The molecule has 0 saturated heterocycles. The average Bonchev–Trinajstić information content (AvgIpc) is 3.26. The molecule has 5 rings (SSSR count). The molecule has 1 N–H and O–H groups in total. The largest absolute Gasteiger partial charge is 0.416 e. The lowest BCUT2D eigenvalue weighted by Gasteiger charge is -2.27. The van der Waals surface area contributed by atoms with Gasteiger partial charge in [-0.3, -0.25) is 14.3 Å². The summed E-state index contributed by atoms with van der Waals surface area (Å²) in [5.41, 5.74) is 2.39. The van der Waals surface area contributed by atoms with E-state index in [1.165, 1.54) is 27.3 Å². The summed E-state index contributed by atoms with van der Waals surface area (Å²) in [6, 6.07) is 14.4. The molecule has 2 aromatic carbocycles. The van der Waals surface area contributed by atoms with Gasteiger partial charge in [-0.05, 0) is 48.1 Å². The van der Waals surface area contributed by atoms with Crippen LogP contribution in [0.3, 0.4) is 0 Å². The summed E-state index contributed by atoms with van der Waals surface area (Å²) in [5, 5.41) is 7.36. The van der Waals surface area contributed by atoms with Crippen molar-refractivity contribution >= 4 is 11.8 Å². The second-order valence-corrected chi connectivity index (χ2v) is 8.68. The highest BCUT2D eigenvalue weighted by atomic mass is 19.4. The summed E-state index contributed by atoms with van der Waals surface area (Å²) >= 11 is 0. The number of hydrogen-bond donors (Lipinski definition) is 1. The van der Waals surface area contributed by atoms with Crippen LogP contribution in [0.4, 0.5) is 13.2 Å². The van der Waals surface area contributed by atoms with E-state index in [4.69, 9.17) is 0 Å². The number of alkyl halides is 3. The SMILES string of the molecule is O=C(NC1CCCc2ccccc21)c1cc2n(n1)CCN(Cc1cccc(C(F)(F)F)c1)C2=O. The second-order valence-electron chi connectivity index (χ2n) is 8.68. The number of hydrogen-bond acceptors (Lipinski definition) is 3. The van der Waals surface area contributed by atoms with E-state index in [-0.39, 0.29) is 35.8 Å². The first kappa shape index (κ1) is 22.2. The van der Waals surface area contributed by atoms with Crippen molar-refractivity contribution < 1.29 is 22.8 Å². The Morgan fingerprint density at radius 2 is 1.91 bits per heavy atom. The summed E-state index contributed by atoms with van der Waals surface area (Å²) in [6.07, 6.45) is -1.65. The Morgan fingerprint density at radius 3 is 2.74 bits per heavy atom. The quantitative estimate of drug-likeness (QED) is 0.619. The minimum absolute atomic E-state index is 0.0499. The summed E-state index contributed by atoms with van der Waals surface area (Å²) in [6.45, 7) is 0.703. The van der Waals surface area contributed by atoms with Crippen LogP contribution in [0, 0.1) is 0 Å². The van der Waals surface area contributed by atoms with Crippen LogP contribution in [-0.4, -0.2) is 33.0 Å². The highest BCUT2D eigenvalue weighted by Gasteiger charge is 2.32. The molecule has 176 valence electrons. The molecule has 1 aliphatic carbocycles. The smallest absolute Gasteiger partial charge is 0.344 e. The van der Waals surface area contributed by atoms with Crippen LogP contribution in [0.1, 0.15) is 62.1 Å². The van der Waals surface area contributed by atoms with Crippen molar-refractivity contribution in [2.75, 3.05) is 6.54 Å². The third-order valence-corrected chi connectivity index (χ3v) is 6.40. The third kappa shape index (κ3) is 4.30. The lowest BCUT2D eigenvalue weighted by atomic mass is 9.87. The number of fused-ring (bicyclic) bond motifs is 2. The molecule has 0 bridgehead atoms. The molecule has 0 fully saturated rings. The minimum atomic E-state index is -4.44. The highest BCUT2D eigenvalue weighted by Crippen LogP contribution is 2.31. The summed E-state index contributed by atoms with van der Waals surface area (Å²) in [4.78, 5) is 27.4. The maximum absolute atomic E-state index is 13.0. The van der Waals surface area contributed by atoms with Crippen LogP contribution in [0.2, 0.25) is 0 Å². The average molecular weight is 468 g/mol. The van der Waals surface area contributed by atoms with Gasteiger partial charge in [0.2, 0.25) is 0 Å². The van der Waals surface area contributed by atoms with Gasteiger partial charge in [0.25, 0.3) is 11.8 Å². The number of halogens is 3. The minimum Gasteiger partial charge on any atom is -0.344 e. The van der Waals surface area contributed by atoms with Crippen molar-refractivity contribution in [2.45, 2.75) is 44.6 Å². The van der Waals surface area contributed by atoms with Crippen LogP contribution < -0.4 is 5.32 Å². The van der Waals surface area contributed by atoms with Crippen LogP contribution in [0.15, 0.2) is 54.6 Å². The molecule has 34 heavy (non-hydrogen) atoms. The van der Waals surface area contributed by atoms with Gasteiger partial charge in [-0.25, -0.2) is 0 Å². The second kappa shape index (κ2) is 8.62. The standard InChI is InChI=1S/C25H23F3N4O2/c26-25(27,28)18-8-3-5-16(13-18)15-31-11-12-32-22(24(31)34)14-21(30-32)23(33)29-20-10-4-7-17-6-1-2-9-19(17)20/h1-3,5-6,8-9,13-14,20H,4,7,10-12,15H2,(H,29,33). The molecule has 9 heteroatoms. The zero-order chi connectivity index (χ0) is 23.9. The van der Waals surface area contributed by atoms with E-state index in [1.807, 2.05) is 18.2 Å². The number of benzene rings is 2. The number of amides is 2. The molecule has 0 radical (unpaired) electrons. The number of aryl methyl sites for hydroxylation is 1. The predicted molar refractivity (Wildman–Crippen MR) is 118 cm³/mol. The van der Waals surface area contributed by atoms with Crippen LogP contribution in [-0.2, 0) is 25.7 Å². The first-order valence-electron chi connectivity index (χ1n) is 11.2. The Hall–Kier alpha value is -3.62. The van der Waals surface area contributed by atoms with Gasteiger partial charge in [0.1, 0.15) is 5.69 Å². The molecule has 1 aliphatic heterocycles. The van der Waals surface area contributed by atoms with E-state index >= 15 is 0 Å².